The quantitative estimate of drug-likeness (QED) is 0.709. The second kappa shape index (κ2) is 5.35. The Balaban J connectivity index is 2.55. The highest BCUT2D eigenvalue weighted by molar-refractivity contribution is 5.82. The zero-order valence-corrected chi connectivity index (χ0v) is 10.9. The van der Waals surface area contributed by atoms with Crippen LogP contribution in [0.1, 0.15) is 33.6 Å². The predicted molar refractivity (Wildman–Crippen MR) is 63.2 cm³/mol. The van der Waals surface area contributed by atoms with E-state index in [1.165, 1.54) is 5.01 Å². The maximum absolute atomic E-state index is 11.8. The number of hydrogen-bond donors (Lipinski definition) is 2. The normalized spacial score (nSPS) is 20.9. The van der Waals surface area contributed by atoms with E-state index in [0.717, 1.165) is 12.8 Å². The summed E-state index contributed by atoms with van der Waals surface area (Å²) < 4.78 is 5.23. The number of nitrogens with one attached hydrogen (secondary N) is 2. The third-order valence-electron chi connectivity index (χ3n) is 2.36. The Morgan fingerprint density at radius 1 is 1.41 bits per heavy atom. The molecule has 1 rings (SSSR count). The third-order valence-corrected chi connectivity index (χ3v) is 2.36. The first-order valence-electron chi connectivity index (χ1n) is 5.82. The highest BCUT2D eigenvalue weighted by atomic mass is 16.6. The van der Waals surface area contributed by atoms with Crippen LogP contribution in [0, 0.1) is 0 Å². The lowest BCUT2D eigenvalue weighted by Gasteiger charge is -2.34. The van der Waals surface area contributed by atoms with Crippen LogP contribution in [0.5, 0.6) is 0 Å². The van der Waals surface area contributed by atoms with Crippen LogP contribution < -0.4 is 10.7 Å². The van der Waals surface area contributed by atoms with Crippen molar-refractivity contribution in [1.29, 1.82) is 0 Å². The number of rotatable bonds is 1. The fraction of sp³-hybridized carbons (Fsp3) is 0.818. The van der Waals surface area contributed by atoms with Crippen LogP contribution in [0.4, 0.5) is 4.79 Å². The van der Waals surface area contributed by atoms with Crippen LogP contribution in [0.15, 0.2) is 0 Å². The van der Waals surface area contributed by atoms with Crippen LogP contribution in [-0.4, -0.2) is 42.2 Å². The van der Waals surface area contributed by atoms with E-state index in [-0.39, 0.29) is 11.9 Å². The van der Waals surface area contributed by atoms with Gasteiger partial charge in [-0.15, -0.1) is 0 Å². The van der Waals surface area contributed by atoms with Gasteiger partial charge in [0.25, 0.3) is 0 Å². The van der Waals surface area contributed by atoms with Gasteiger partial charge in [0.2, 0.25) is 5.91 Å². The molecule has 0 aromatic rings. The van der Waals surface area contributed by atoms with Gasteiger partial charge in [-0.25, -0.2) is 15.2 Å². The van der Waals surface area contributed by atoms with Crippen LogP contribution in [0.25, 0.3) is 0 Å². The van der Waals surface area contributed by atoms with Crippen molar-refractivity contribution in [2.75, 3.05) is 13.6 Å². The first kappa shape index (κ1) is 13.8. The highest BCUT2D eigenvalue weighted by Gasteiger charge is 2.29. The zero-order valence-electron chi connectivity index (χ0n) is 10.9. The molecule has 0 aromatic heterocycles. The number of nitrogens with zero attached hydrogens (tertiary/aromatic N) is 1. The number of carbonyl (C=O) groups excluding carboxylic acids is 2. The maximum atomic E-state index is 11.8. The fourth-order valence-electron chi connectivity index (χ4n) is 1.60. The summed E-state index contributed by atoms with van der Waals surface area (Å²) in [5.41, 5.74) is 2.34. The summed E-state index contributed by atoms with van der Waals surface area (Å²) in [6.07, 6.45) is 1.06. The van der Waals surface area contributed by atoms with Crippen molar-refractivity contribution in [3.63, 3.8) is 0 Å². The second-order valence-electron chi connectivity index (χ2n) is 5.07. The Morgan fingerprint density at radius 3 is 2.59 bits per heavy atom. The first-order valence-corrected chi connectivity index (χ1v) is 5.82. The van der Waals surface area contributed by atoms with Crippen LogP contribution in [0.2, 0.25) is 0 Å². The average Bonchev–Trinajstić information content (AvgIpc) is 2.26. The molecule has 6 heteroatoms. The third kappa shape index (κ3) is 4.22. The van der Waals surface area contributed by atoms with E-state index in [4.69, 9.17) is 4.74 Å². The number of amides is 2. The van der Waals surface area contributed by atoms with Gasteiger partial charge in [-0.3, -0.25) is 4.79 Å². The van der Waals surface area contributed by atoms with Crippen molar-refractivity contribution >= 4 is 12.0 Å². The smallest absolute Gasteiger partial charge is 0.424 e. The molecule has 1 saturated heterocycles. The summed E-state index contributed by atoms with van der Waals surface area (Å²) in [6.45, 7) is 5.99. The summed E-state index contributed by atoms with van der Waals surface area (Å²) in [7, 11) is 1.58. The summed E-state index contributed by atoms with van der Waals surface area (Å²) in [5, 5.41) is 3.93. The van der Waals surface area contributed by atoms with E-state index in [9.17, 15) is 9.59 Å². The van der Waals surface area contributed by atoms with E-state index >= 15 is 0 Å². The summed E-state index contributed by atoms with van der Waals surface area (Å²) >= 11 is 0. The van der Waals surface area contributed by atoms with Gasteiger partial charge in [0.1, 0.15) is 11.6 Å². The lowest BCUT2D eigenvalue weighted by molar-refractivity contribution is -0.125. The van der Waals surface area contributed by atoms with Crippen LogP contribution in [-0.2, 0) is 9.53 Å². The molecule has 1 fully saturated rings. The van der Waals surface area contributed by atoms with E-state index in [1.54, 1.807) is 7.05 Å². The van der Waals surface area contributed by atoms with Gasteiger partial charge in [0, 0.05) is 13.6 Å². The number of ether oxygens (including phenoxy) is 1. The van der Waals surface area contributed by atoms with Crippen molar-refractivity contribution in [2.45, 2.75) is 45.3 Å². The predicted octanol–water partition coefficient (Wildman–Crippen LogP) is 0.636. The largest absolute Gasteiger partial charge is 0.443 e. The van der Waals surface area contributed by atoms with Gasteiger partial charge < -0.3 is 10.1 Å². The van der Waals surface area contributed by atoms with Crippen molar-refractivity contribution in [2.24, 2.45) is 0 Å². The number of likely N-dealkylation sites (N-methyl/N-ethyl adjacent to an activating group) is 1. The minimum atomic E-state index is -0.529. The molecule has 0 saturated carbocycles. The number of carbonyl (C=O) groups is 2. The van der Waals surface area contributed by atoms with Gasteiger partial charge in [-0.1, -0.05) is 0 Å². The Morgan fingerprint density at radius 2 is 2.06 bits per heavy atom. The Kier molecular flexibility index (Phi) is 4.34. The molecule has 17 heavy (non-hydrogen) atoms. The molecule has 0 aromatic carbocycles. The molecule has 0 radical (unpaired) electrons. The van der Waals surface area contributed by atoms with Crippen molar-refractivity contribution in [3.8, 4) is 0 Å². The minimum absolute atomic E-state index is 0.113. The lowest BCUT2D eigenvalue weighted by atomic mass is 10.1. The lowest BCUT2D eigenvalue weighted by Crippen LogP contribution is -2.57. The molecule has 98 valence electrons. The number of hydrazine groups is 1. The Labute approximate surface area is 102 Å². The molecule has 0 bridgehead atoms. The minimum Gasteiger partial charge on any atom is -0.443 e. The van der Waals surface area contributed by atoms with Gasteiger partial charge in [0.15, 0.2) is 0 Å². The SMILES string of the molecule is CNC(=O)[C@@H]1CCCN(C(=O)OC(C)(C)C)N1. The van der Waals surface area contributed by atoms with Gasteiger partial charge in [0.05, 0.1) is 0 Å². The summed E-state index contributed by atoms with van der Waals surface area (Å²) in [6, 6.07) is -0.360. The van der Waals surface area contributed by atoms with E-state index in [0.29, 0.717) is 6.54 Å². The molecule has 6 nitrogen and oxygen atoms in total. The van der Waals surface area contributed by atoms with Gasteiger partial charge in [-0.2, -0.15) is 0 Å². The molecule has 1 aliphatic rings. The van der Waals surface area contributed by atoms with E-state index in [1.807, 2.05) is 20.8 Å². The van der Waals surface area contributed by atoms with Crippen molar-refractivity contribution in [1.82, 2.24) is 15.8 Å². The van der Waals surface area contributed by atoms with Crippen molar-refractivity contribution in [3.05, 3.63) is 0 Å². The zero-order chi connectivity index (χ0) is 13.1. The highest BCUT2D eigenvalue weighted by Crippen LogP contribution is 2.13. The molecular formula is C11H21N3O3. The molecule has 1 atom stereocenters. The van der Waals surface area contributed by atoms with Crippen LogP contribution in [0.3, 0.4) is 0 Å². The molecule has 1 aliphatic heterocycles. The Bertz CT molecular complexity index is 299. The van der Waals surface area contributed by atoms with Crippen molar-refractivity contribution < 1.29 is 14.3 Å². The molecular weight excluding hydrogens is 222 g/mol. The number of hydrogen-bond acceptors (Lipinski definition) is 4. The molecule has 2 amide bonds. The Hall–Kier alpha value is -1.30. The standard InChI is InChI=1S/C11H21N3O3/c1-11(2,3)17-10(16)14-7-5-6-8(13-14)9(15)12-4/h8,13H,5-7H2,1-4H3,(H,12,15)/t8-/m0/s1. The average molecular weight is 243 g/mol. The topological polar surface area (TPSA) is 70.7 Å². The monoisotopic (exact) mass is 243 g/mol. The van der Waals surface area contributed by atoms with Crippen LogP contribution >= 0.6 is 0 Å². The fourth-order valence-corrected chi connectivity index (χ4v) is 1.60. The van der Waals surface area contributed by atoms with E-state index < -0.39 is 11.7 Å². The second-order valence-corrected chi connectivity index (χ2v) is 5.07. The maximum Gasteiger partial charge on any atom is 0.424 e. The van der Waals surface area contributed by atoms with E-state index in [2.05, 4.69) is 10.7 Å². The molecule has 0 spiro atoms. The molecule has 0 unspecified atom stereocenters. The van der Waals surface area contributed by atoms with Gasteiger partial charge in [-0.05, 0) is 33.6 Å². The summed E-state index contributed by atoms with van der Waals surface area (Å²) in [4.78, 5) is 23.2. The molecule has 0 aliphatic carbocycles. The molecule has 1 heterocycles. The van der Waals surface area contributed by atoms with Gasteiger partial charge >= 0.3 is 6.09 Å². The molecule has 2 N–H and O–H groups in total. The summed E-state index contributed by atoms with van der Waals surface area (Å²) in [5.74, 6) is -0.113. The first-order chi connectivity index (χ1) is 7.83.